The monoisotopic (exact) mass is 394 g/mol. The number of hydrogen-bond acceptors (Lipinski definition) is 4. The van der Waals surface area contributed by atoms with Crippen LogP contribution in [0, 0.1) is 5.92 Å². The molecule has 1 aliphatic rings. The summed E-state index contributed by atoms with van der Waals surface area (Å²) in [5.74, 6) is -0.144. The molecule has 7 heteroatoms. The van der Waals surface area contributed by atoms with Gasteiger partial charge in [0.1, 0.15) is 0 Å². The number of nitrogens with two attached hydrogens (primary N) is 1. The third kappa shape index (κ3) is 3.99. The minimum absolute atomic E-state index is 0. The van der Waals surface area contributed by atoms with Crippen LogP contribution in [0.5, 0.6) is 0 Å². The lowest BCUT2D eigenvalue weighted by atomic mass is 10.0. The number of benzene rings is 2. The molecule has 26 heavy (non-hydrogen) atoms. The van der Waals surface area contributed by atoms with Crippen LogP contribution in [0.15, 0.2) is 59.5 Å². The minimum atomic E-state index is -3.73. The van der Waals surface area contributed by atoms with Gasteiger partial charge in [-0.1, -0.05) is 42.5 Å². The maximum absolute atomic E-state index is 13.1. The number of nitrogens with zero attached hydrogens (tertiary/aromatic N) is 1. The van der Waals surface area contributed by atoms with E-state index in [1.54, 1.807) is 42.5 Å². The van der Waals surface area contributed by atoms with Gasteiger partial charge >= 0.3 is 0 Å². The average Bonchev–Trinajstić information content (AvgIpc) is 3.13. The first kappa shape index (κ1) is 20.6. The Morgan fingerprint density at radius 2 is 1.73 bits per heavy atom. The summed E-state index contributed by atoms with van der Waals surface area (Å²) in [5.41, 5.74) is 6.60. The molecule has 140 valence electrons. The molecule has 2 aromatic carbocycles. The highest BCUT2D eigenvalue weighted by Gasteiger charge is 2.35. The maximum atomic E-state index is 13.1. The number of carbonyl (C=O) groups is 1. The van der Waals surface area contributed by atoms with E-state index in [4.69, 9.17) is 5.73 Å². The molecule has 0 aromatic heterocycles. The summed E-state index contributed by atoms with van der Waals surface area (Å²) in [6.45, 7) is 2.73. The molecule has 2 atom stereocenters. The Labute approximate surface area is 160 Å². The summed E-state index contributed by atoms with van der Waals surface area (Å²) < 4.78 is 27.6. The first-order chi connectivity index (χ1) is 11.9. The van der Waals surface area contributed by atoms with E-state index in [-0.39, 0.29) is 40.6 Å². The number of halogens is 1. The van der Waals surface area contributed by atoms with Crippen molar-refractivity contribution in [3.8, 4) is 0 Å². The van der Waals surface area contributed by atoms with Gasteiger partial charge in [0.2, 0.25) is 10.0 Å². The Kier molecular flexibility index (Phi) is 6.58. The van der Waals surface area contributed by atoms with Crippen molar-refractivity contribution in [2.45, 2.75) is 24.3 Å². The van der Waals surface area contributed by atoms with Gasteiger partial charge in [-0.05, 0) is 31.4 Å². The van der Waals surface area contributed by atoms with Crippen LogP contribution < -0.4 is 5.73 Å². The SMILES string of the molecule is CC(N)C1CCN(S(=O)(=O)c2ccccc2C(=O)c2ccccc2)C1.Cl. The van der Waals surface area contributed by atoms with Gasteiger partial charge in [-0.3, -0.25) is 4.79 Å². The molecule has 0 aliphatic carbocycles. The molecule has 0 amide bonds. The van der Waals surface area contributed by atoms with E-state index in [0.29, 0.717) is 18.7 Å². The normalized spacial score (nSPS) is 18.9. The van der Waals surface area contributed by atoms with Crippen molar-refractivity contribution in [3.05, 3.63) is 65.7 Å². The molecule has 1 saturated heterocycles. The third-order valence-corrected chi connectivity index (χ3v) is 6.64. The van der Waals surface area contributed by atoms with Gasteiger partial charge in [0.25, 0.3) is 0 Å². The molecule has 0 bridgehead atoms. The quantitative estimate of drug-likeness (QED) is 0.790. The zero-order valence-electron chi connectivity index (χ0n) is 14.5. The number of hydrogen-bond donors (Lipinski definition) is 1. The Balaban J connectivity index is 0.00000243. The topological polar surface area (TPSA) is 80.5 Å². The zero-order valence-corrected chi connectivity index (χ0v) is 16.2. The predicted octanol–water partition coefficient (Wildman–Crippen LogP) is 2.70. The zero-order chi connectivity index (χ0) is 18.0. The standard InChI is InChI=1S/C19H22N2O3S.ClH/c1-14(20)16-11-12-21(13-16)25(23,24)18-10-6-5-9-17(18)19(22)15-7-3-2-4-8-15;/h2-10,14,16H,11-13,20H2,1H3;1H. The van der Waals surface area contributed by atoms with E-state index < -0.39 is 10.0 Å². The van der Waals surface area contributed by atoms with Crippen LogP contribution in [-0.2, 0) is 10.0 Å². The fraction of sp³-hybridized carbons (Fsp3) is 0.316. The van der Waals surface area contributed by atoms with E-state index in [1.807, 2.05) is 13.0 Å². The van der Waals surface area contributed by atoms with Gasteiger partial charge in [-0.15, -0.1) is 12.4 Å². The largest absolute Gasteiger partial charge is 0.328 e. The molecule has 1 aliphatic heterocycles. The molecular weight excluding hydrogens is 372 g/mol. The van der Waals surface area contributed by atoms with Gasteiger partial charge in [-0.2, -0.15) is 4.31 Å². The van der Waals surface area contributed by atoms with Crippen LogP contribution in [0.2, 0.25) is 0 Å². The number of rotatable bonds is 5. The molecule has 2 aromatic rings. The Bertz CT molecular complexity index is 869. The van der Waals surface area contributed by atoms with Gasteiger partial charge in [0.05, 0.1) is 4.90 Å². The molecule has 0 saturated carbocycles. The second-order valence-electron chi connectivity index (χ2n) is 6.46. The lowest BCUT2D eigenvalue weighted by Gasteiger charge is -2.19. The molecule has 2 N–H and O–H groups in total. The van der Waals surface area contributed by atoms with Crippen LogP contribution in [0.25, 0.3) is 0 Å². The van der Waals surface area contributed by atoms with E-state index in [9.17, 15) is 13.2 Å². The van der Waals surface area contributed by atoms with Crippen LogP contribution >= 0.6 is 12.4 Å². The lowest BCUT2D eigenvalue weighted by molar-refractivity contribution is 0.103. The highest BCUT2D eigenvalue weighted by atomic mass is 35.5. The van der Waals surface area contributed by atoms with Crippen LogP contribution in [0.4, 0.5) is 0 Å². The van der Waals surface area contributed by atoms with E-state index >= 15 is 0 Å². The Hall–Kier alpha value is -1.73. The van der Waals surface area contributed by atoms with Crippen molar-refractivity contribution >= 4 is 28.2 Å². The van der Waals surface area contributed by atoms with E-state index in [2.05, 4.69) is 0 Å². The lowest BCUT2D eigenvalue weighted by Crippen LogP contribution is -2.33. The fourth-order valence-electron chi connectivity index (χ4n) is 3.16. The van der Waals surface area contributed by atoms with Crippen molar-refractivity contribution in [1.82, 2.24) is 4.31 Å². The highest BCUT2D eigenvalue weighted by molar-refractivity contribution is 7.89. The average molecular weight is 395 g/mol. The molecule has 1 fully saturated rings. The second-order valence-corrected chi connectivity index (χ2v) is 8.37. The van der Waals surface area contributed by atoms with Gasteiger partial charge < -0.3 is 5.73 Å². The first-order valence-corrected chi connectivity index (χ1v) is 9.80. The van der Waals surface area contributed by atoms with Crippen molar-refractivity contribution in [1.29, 1.82) is 0 Å². The van der Waals surface area contributed by atoms with Crippen molar-refractivity contribution < 1.29 is 13.2 Å². The summed E-state index contributed by atoms with van der Waals surface area (Å²) in [7, 11) is -3.73. The van der Waals surface area contributed by atoms with Crippen molar-refractivity contribution in [2.24, 2.45) is 11.7 Å². The molecule has 2 unspecified atom stereocenters. The smallest absolute Gasteiger partial charge is 0.243 e. The summed E-state index contributed by atoms with van der Waals surface area (Å²) in [6.07, 6.45) is 0.742. The van der Waals surface area contributed by atoms with Crippen molar-refractivity contribution in [2.75, 3.05) is 13.1 Å². The van der Waals surface area contributed by atoms with E-state index in [1.165, 1.54) is 10.4 Å². The summed E-state index contributed by atoms with van der Waals surface area (Å²) in [5, 5.41) is 0. The van der Waals surface area contributed by atoms with Gasteiger partial charge in [0, 0.05) is 30.3 Å². The highest BCUT2D eigenvalue weighted by Crippen LogP contribution is 2.28. The Morgan fingerprint density at radius 1 is 1.12 bits per heavy atom. The molecule has 3 rings (SSSR count). The minimum Gasteiger partial charge on any atom is -0.328 e. The molecule has 0 radical (unpaired) electrons. The fourth-order valence-corrected chi connectivity index (χ4v) is 4.87. The summed E-state index contributed by atoms with van der Waals surface area (Å²) in [4.78, 5) is 12.9. The molecular formula is C19H23ClN2O3S. The van der Waals surface area contributed by atoms with E-state index in [0.717, 1.165) is 6.42 Å². The number of carbonyl (C=O) groups excluding carboxylic acids is 1. The predicted molar refractivity (Wildman–Crippen MR) is 104 cm³/mol. The summed E-state index contributed by atoms with van der Waals surface area (Å²) in [6, 6.07) is 15.1. The number of sulfonamides is 1. The molecule has 1 heterocycles. The van der Waals surface area contributed by atoms with Crippen LogP contribution in [-0.4, -0.2) is 37.6 Å². The van der Waals surface area contributed by atoms with Crippen molar-refractivity contribution in [3.63, 3.8) is 0 Å². The van der Waals surface area contributed by atoms with Gasteiger partial charge in [-0.25, -0.2) is 8.42 Å². The van der Waals surface area contributed by atoms with Crippen LogP contribution in [0.3, 0.4) is 0 Å². The summed E-state index contributed by atoms with van der Waals surface area (Å²) >= 11 is 0. The maximum Gasteiger partial charge on any atom is 0.243 e. The Morgan fingerprint density at radius 3 is 2.35 bits per heavy atom. The van der Waals surface area contributed by atoms with Crippen LogP contribution in [0.1, 0.15) is 29.3 Å². The van der Waals surface area contributed by atoms with Gasteiger partial charge in [0.15, 0.2) is 5.78 Å². The molecule has 0 spiro atoms. The third-order valence-electron chi connectivity index (χ3n) is 4.72. The first-order valence-electron chi connectivity index (χ1n) is 8.36. The number of ketones is 1. The molecule has 5 nitrogen and oxygen atoms in total. The second kappa shape index (κ2) is 8.31.